The fraction of sp³-hybridized carbons (Fsp3) is 0.705. The van der Waals surface area contributed by atoms with Crippen LogP contribution in [0.3, 0.4) is 0 Å². The Kier molecular flexibility index (Phi) is 19.2. The lowest BCUT2D eigenvalue weighted by molar-refractivity contribution is -0.148. The topological polar surface area (TPSA) is 133 Å². The van der Waals surface area contributed by atoms with E-state index in [4.69, 9.17) is 22.1 Å². The van der Waals surface area contributed by atoms with Crippen molar-refractivity contribution < 1.29 is 28.7 Å². The van der Waals surface area contributed by atoms with Gasteiger partial charge in [-0.05, 0) is 63.5 Å². The van der Waals surface area contributed by atoms with Gasteiger partial charge in [-0.2, -0.15) is 12.6 Å². The van der Waals surface area contributed by atoms with Gasteiger partial charge in [0.25, 0.3) is 0 Å². The van der Waals surface area contributed by atoms with E-state index in [2.05, 4.69) is 29.5 Å². The van der Waals surface area contributed by atoms with Crippen molar-refractivity contribution in [2.24, 2.45) is 23.7 Å². The lowest BCUT2D eigenvalue weighted by Crippen LogP contribution is -2.61. The molecule has 4 amide bonds. The van der Waals surface area contributed by atoms with E-state index in [1.165, 1.54) is 11.3 Å². The summed E-state index contributed by atoms with van der Waals surface area (Å²) in [6.45, 7) is 18.2. The van der Waals surface area contributed by atoms with Crippen molar-refractivity contribution in [2.75, 3.05) is 34.9 Å². The third kappa shape index (κ3) is 12.7. The average molecular weight is 845 g/mol. The molecular weight excluding hydrogens is 773 g/mol. The van der Waals surface area contributed by atoms with Gasteiger partial charge in [-0.1, -0.05) is 85.2 Å². The molecule has 2 N–H and O–H groups in total. The fourth-order valence-electron chi connectivity index (χ4n) is 8.30. The highest BCUT2D eigenvalue weighted by molar-refractivity contribution is 7.81. The normalized spacial score (nSPS) is 19.0. The minimum atomic E-state index is -0.795. The lowest BCUT2D eigenvalue weighted by Gasteiger charge is -2.42. The van der Waals surface area contributed by atoms with Crippen molar-refractivity contribution in [1.82, 2.24) is 30.3 Å². The van der Waals surface area contributed by atoms with Gasteiger partial charge in [-0.15, -0.1) is 11.3 Å². The molecule has 2 heterocycles. The molecule has 0 bridgehead atoms. The Morgan fingerprint density at radius 2 is 1.64 bits per heavy atom. The first-order chi connectivity index (χ1) is 27.3. The van der Waals surface area contributed by atoms with Gasteiger partial charge in [0.05, 0.1) is 53.6 Å². The van der Waals surface area contributed by atoms with Gasteiger partial charge < -0.3 is 29.9 Å². The predicted octanol–water partition coefficient (Wildman–Crippen LogP) is 6.23. The molecule has 1 saturated heterocycles. The molecular formula is C44H72N6O6S2. The summed E-state index contributed by atoms with van der Waals surface area (Å²) in [5.41, 5.74) is 1.09. The maximum atomic E-state index is 14.5. The van der Waals surface area contributed by atoms with E-state index in [-0.39, 0.29) is 59.9 Å². The molecule has 9 atom stereocenters. The molecule has 3 rings (SSSR count). The van der Waals surface area contributed by atoms with Crippen molar-refractivity contribution in [2.45, 2.75) is 142 Å². The van der Waals surface area contributed by atoms with Gasteiger partial charge in [0.15, 0.2) is 0 Å². The Hall–Kier alpha value is -3.04. The summed E-state index contributed by atoms with van der Waals surface area (Å²) in [5.74, 6) is -1.57. The van der Waals surface area contributed by atoms with E-state index < -0.39 is 41.1 Å². The number of ether oxygens (including phenoxy) is 2. The van der Waals surface area contributed by atoms with Crippen LogP contribution in [0.4, 0.5) is 0 Å². The number of likely N-dealkylation sites (N-methyl/N-ethyl adjacent to an activating group) is 2. The largest absolute Gasteiger partial charge is 0.379 e. The quantitative estimate of drug-likeness (QED) is 0.0940. The molecule has 2 aromatic rings. The SMILES string of the molecule is CC[C@H](C)[C@@H]([C@@H](CC(=O)N1CCC[C@H]1[C@H](OC)[C@@H](C)C(=O)N[C@@H](Cc1ccccc1)c1nccs1)OC)N(C)C(=O)[C@@H](NC(=O)[C@H](C(C)C)N(C)C(C)(C)S)C(C)C. The van der Waals surface area contributed by atoms with Crippen molar-refractivity contribution in [3.8, 4) is 0 Å². The van der Waals surface area contributed by atoms with E-state index >= 15 is 0 Å². The second-order valence-corrected chi connectivity index (χ2v) is 19.3. The molecule has 1 fully saturated rings. The number of likely N-dealkylation sites (tertiary alicyclic amines) is 1. The number of nitrogens with zero attached hydrogens (tertiary/aromatic N) is 4. The van der Waals surface area contributed by atoms with Crippen LogP contribution in [0.1, 0.15) is 105 Å². The first kappa shape index (κ1) is 49.3. The highest BCUT2D eigenvalue weighted by Crippen LogP contribution is 2.31. The molecule has 1 aromatic heterocycles. The van der Waals surface area contributed by atoms with E-state index in [0.29, 0.717) is 19.4 Å². The molecule has 58 heavy (non-hydrogen) atoms. The van der Waals surface area contributed by atoms with E-state index in [1.54, 1.807) is 32.4 Å². The highest BCUT2D eigenvalue weighted by Gasteiger charge is 2.44. The van der Waals surface area contributed by atoms with Gasteiger partial charge in [0, 0.05) is 39.4 Å². The Bertz CT molecular complexity index is 1590. The second kappa shape index (κ2) is 22.5. The number of thiol groups is 1. The molecule has 12 nitrogen and oxygen atoms in total. The molecule has 0 saturated carbocycles. The van der Waals surface area contributed by atoms with Crippen LogP contribution in [0.2, 0.25) is 0 Å². The molecule has 1 aliphatic heterocycles. The third-order valence-corrected chi connectivity index (χ3v) is 13.2. The van der Waals surface area contributed by atoms with Gasteiger partial charge in [-0.25, -0.2) is 4.98 Å². The summed E-state index contributed by atoms with van der Waals surface area (Å²) in [6, 6.07) is 7.62. The summed E-state index contributed by atoms with van der Waals surface area (Å²) in [5, 5.41) is 9.06. The minimum Gasteiger partial charge on any atom is -0.379 e. The number of methoxy groups -OCH3 is 2. The number of nitrogens with one attached hydrogen (secondary N) is 2. The van der Waals surface area contributed by atoms with Gasteiger partial charge in [0.1, 0.15) is 11.0 Å². The molecule has 14 heteroatoms. The molecule has 0 radical (unpaired) electrons. The van der Waals surface area contributed by atoms with Crippen LogP contribution in [-0.4, -0.2) is 119 Å². The molecule has 1 aliphatic rings. The Morgan fingerprint density at radius 1 is 0.983 bits per heavy atom. The molecule has 1 aromatic carbocycles. The van der Waals surface area contributed by atoms with Crippen LogP contribution >= 0.6 is 24.0 Å². The zero-order valence-electron chi connectivity index (χ0n) is 37.2. The van der Waals surface area contributed by atoms with Crippen LogP contribution < -0.4 is 10.6 Å². The second-order valence-electron chi connectivity index (χ2n) is 17.2. The molecule has 0 spiro atoms. The average Bonchev–Trinajstić information content (AvgIpc) is 3.90. The van der Waals surface area contributed by atoms with Crippen molar-refractivity contribution >= 4 is 47.6 Å². The smallest absolute Gasteiger partial charge is 0.245 e. The number of benzene rings is 1. The number of amides is 4. The zero-order valence-corrected chi connectivity index (χ0v) is 38.9. The number of hydrogen-bond donors (Lipinski definition) is 3. The maximum absolute atomic E-state index is 14.5. The first-order valence-corrected chi connectivity index (χ1v) is 22.2. The third-order valence-electron chi connectivity index (χ3n) is 12.0. The van der Waals surface area contributed by atoms with Crippen molar-refractivity contribution in [3.05, 3.63) is 52.5 Å². The van der Waals surface area contributed by atoms with Gasteiger partial charge in [-0.3, -0.25) is 24.1 Å². The van der Waals surface area contributed by atoms with Crippen molar-refractivity contribution in [3.63, 3.8) is 0 Å². The van der Waals surface area contributed by atoms with Crippen LogP contribution in [0.15, 0.2) is 41.9 Å². The van der Waals surface area contributed by atoms with Crippen LogP contribution in [0.25, 0.3) is 0 Å². The van der Waals surface area contributed by atoms with Crippen LogP contribution in [0.5, 0.6) is 0 Å². The number of carbonyl (C=O) groups is 4. The highest BCUT2D eigenvalue weighted by atomic mass is 32.1. The monoisotopic (exact) mass is 844 g/mol. The molecule has 0 aliphatic carbocycles. The fourth-order valence-corrected chi connectivity index (χ4v) is 9.12. The van der Waals surface area contributed by atoms with Crippen LogP contribution in [0, 0.1) is 23.7 Å². The minimum absolute atomic E-state index is 0.0266. The number of hydrogen-bond acceptors (Lipinski definition) is 10. The van der Waals surface area contributed by atoms with Gasteiger partial charge in [0.2, 0.25) is 23.6 Å². The summed E-state index contributed by atoms with van der Waals surface area (Å²) in [6.07, 6.45) is 3.41. The number of aromatic nitrogens is 1. The zero-order chi connectivity index (χ0) is 43.5. The Labute approximate surface area is 358 Å². The lowest BCUT2D eigenvalue weighted by atomic mass is 9.89. The Balaban J connectivity index is 1.80. The molecule has 326 valence electrons. The van der Waals surface area contributed by atoms with Gasteiger partial charge >= 0.3 is 0 Å². The van der Waals surface area contributed by atoms with E-state index in [1.807, 2.05) is 101 Å². The maximum Gasteiger partial charge on any atom is 0.245 e. The number of thiazole rings is 1. The standard InChI is InChI=1S/C44H72N6O6S2/c1-14-29(6)38(48(10)43(54)36(27(2)3)47-41(53)37(28(4)5)49(11)44(8,9)57)34(55-12)26-35(51)50-23-18-21-33(50)39(56-13)30(7)40(52)46-32(42-45-22-24-58-42)25-31-19-16-15-17-20-31/h15-17,19-20,22,24,27-30,32-34,36-39,57H,14,18,21,23,25-26H2,1-13H3,(H,46,52)(H,47,53)/t29-,30+,32-,33-,34+,36-,37-,38-,39+/m0/s1. The summed E-state index contributed by atoms with van der Waals surface area (Å²) in [4.78, 5) is 66.0. The summed E-state index contributed by atoms with van der Waals surface area (Å²) in [7, 11) is 6.79. The van der Waals surface area contributed by atoms with E-state index in [0.717, 1.165) is 23.4 Å². The summed E-state index contributed by atoms with van der Waals surface area (Å²) >= 11 is 6.22. The summed E-state index contributed by atoms with van der Waals surface area (Å²) < 4.78 is 12.1. The molecule has 0 unspecified atom stereocenters. The first-order valence-electron chi connectivity index (χ1n) is 20.9. The predicted molar refractivity (Wildman–Crippen MR) is 235 cm³/mol. The number of rotatable bonds is 22. The van der Waals surface area contributed by atoms with Crippen LogP contribution in [-0.2, 0) is 35.1 Å². The van der Waals surface area contributed by atoms with E-state index in [9.17, 15) is 19.2 Å². The number of carbonyl (C=O) groups excluding carboxylic acids is 4. The van der Waals surface area contributed by atoms with Crippen molar-refractivity contribution in [1.29, 1.82) is 0 Å². The Morgan fingerprint density at radius 3 is 2.16 bits per heavy atom.